The topological polar surface area (TPSA) is 73.7 Å². The van der Waals surface area contributed by atoms with Crippen LogP contribution in [0.1, 0.15) is 38.8 Å². The average Bonchev–Trinajstić information content (AvgIpc) is 2.71. The maximum absolute atomic E-state index is 12.7. The van der Waals surface area contributed by atoms with Crippen LogP contribution in [-0.4, -0.2) is 60.7 Å². The number of nitrogens with zero attached hydrogens (tertiary/aromatic N) is 4. The average molecular weight is 412 g/mol. The number of hydrogen-bond donors (Lipinski definition) is 1. The van der Waals surface area contributed by atoms with E-state index >= 15 is 0 Å². The van der Waals surface area contributed by atoms with Crippen LogP contribution in [0, 0.1) is 0 Å². The van der Waals surface area contributed by atoms with E-state index in [0.717, 1.165) is 28.2 Å². The number of rotatable bonds is 4. The van der Waals surface area contributed by atoms with Crippen molar-refractivity contribution in [1.29, 1.82) is 0 Å². The number of amides is 2. The van der Waals surface area contributed by atoms with Crippen molar-refractivity contribution in [1.82, 2.24) is 14.4 Å². The molecule has 1 unspecified atom stereocenters. The van der Waals surface area contributed by atoms with Crippen LogP contribution in [0.4, 0.5) is 16.3 Å². The Morgan fingerprint density at radius 2 is 1.87 bits per heavy atom. The second kappa shape index (κ2) is 8.07. The first-order valence-electron chi connectivity index (χ1n) is 10.3. The van der Waals surface area contributed by atoms with Crippen molar-refractivity contribution >= 4 is 23.5 Å². The van der Waals surface area contributed by atoms with Crippen molar-refractivity contribution in [3.8, 4) is 11.1 Å². The minimum Gasteiger partial charge on any atom is -0.465 e. The van der Waals surface area contributed by atoms with Gasteiger partial charge in [0.15, 0.2) is 0 Å². The lowest BCUT2D eigenvalue weighted by atomic mass is 9.86. The maximum Gasteiger partial charge on any atom is 0.407 e. The van der Waals surface area contributed by atoms with Crippen LogP contribution in [0.15, 0.2) is 36.5 Å². The van der Waals surface area contributed by atoms with Crippen LogP contribution >= 0.6 is 0 Å². The van der Waals surface area contributed by atoms with Gasteiger partial charge in [-0.05, 0) is 43.7 Å². The smallest absolute Gasteiger partial charge is 0.407 e. The van der Waals surface area contributed by atoms with Crippen molar-refractivity contribution in [2.24, 2.45) is 0 Å². The van der Waals surface area contributed by atoms with Gasteiger partial charge in [0.05, 0.1) is 26.1 Å². The zero-order chi connectivity index (χ0) is 22.2. The monoisotopic (exact) mass is 411 g/mol. The minimum atomic E-state index is -0.943. The fraction of sp³-hybridized carbons (Fsp3) is 0.435. The van der Waals surface area contributed by atoms with Gasteiger partial charge in [0.1, 0.15) is 11.5 Å². The van der Waals surface area contributed by atoms with Crippen LogP contribution in [0.25, 0.3) is 11.1 Å². The van der Waals surface area contributed by atoms with Crippen molar-refractivity contribution in [3.63, 3.8) is 0 Å². The quantitative estimate of drug-likeness (QED) is 0.766. The summed E-state index contributed by atoms with van der Waals surface area (Å²) < 4.78 is 0.168. The number of aromatic nitrogens is 1. The summed E-state index contributed by atoms with van der Waals surface area (Å²) in [5, 5.41) is 9.78. The number of anilines is 1. The fourth-order valence-corrected chi connectivity index (χ4v) is 4.41. The molecule has 1 aliphatic heterocycles. The first-order valence-corrected chi connectivity index (χ1v) is 10.3. The number of benzene rings is 1. The molecular weight excluding hydrogens is 380 g/mol. The summed E-state index contributed by atoms with van der Waals surface area (Å²) in [5.41, 5.74) is 3.68. The zero-order valence-electron chi connectivity index (χ0n) is 18.6. The molecule has 7 heteroatoms. The van der Waals surface area contributed by atoms with Gasteiger partial charge >= 0.3 is 12.0 Å². The Balaban J connectivity index is 2.17. The van der Waals surface area contributed by atoms with Crippen molar-refractivity contribution in [3.05, 3.63) is 42.1 Å². The van der Waals surface area contributed by atoms with Crippen LogP contribution in [0.2, 0.25) is 0 Å². The third-order valence-electron chi connectivity index (χ3n) is 6.49. The number of pyridine rings is 1. The molecule has 0 radical (unpaired) electrons. The molecule has 1 aromatic carbocycles. The van der Waals surface area contributed by atoms with Gasteiger partial charge in [0, 0.05) is 50.5 Å². The van der Waals surface area contributed by atoms with E-state index in [2.05, 4.69) is 4.98 Å². The molecule has 2 heterocycles. The molecule has 1 N–H and O–H groups in total. The third-order valence-corrected chi connectivity index (χ3v) is 6.49. The summed E-state index contributed by atoms with van der Waals surface area (Å²) in [6, 6.07) is 9.65. The van der Waals surface area contributed by atoms with Crippen molar-refractivity contribution in [2.45, 2.75) is 39.3 Å². The van der Waals surface area contributed by atoms with E-state index in [4.69, 9.17) is 0 Å². The van der Waals surface area contributed by atoms with E-state index in [1.807, 2.05) is 76.4 Å². The summed E-state index contributed by atoms with van der Waals surface area (Å²) >= 11 is 0. The first-order chi connectivity index (χ1) is 14.1. The molecule has 30 heavy (non-hydrogen) atoms. The van der Waals surface area contributed by atoms with E-state index in [1.165, 1.54) is 4.90 Å². The third kappa shape index (κ3) is 3.54. The zero-order valence-corrected chi connectivity index (χ0v) is 18.6. The molecule has 0 saturated carbocycles. The van der Waals surface area contributed by atoms with E-state index in [0.29, 0.717) is 13.0 Å². The molecule has 7 nitrogen and oxygen atoms in total. The van der Waals surface area contributed by atoms with Crippen LogP contribution in [-0.2, 0) is 4.79 Å². The number of carbonyl (C=O) groups excluding carboxylic acids is 1. The molecular formula is C23H31N4O3+. The molecule has 2 amide bonds. The van der Waals surface area contributed by atoms with Gasteiger partial charge in [0.25, 0.3) is 0 Å². The van der Waals surface area contributed by atoms with Gasteiger partial charge < -0.3 is 14.9 Å². The van der Waals surface area contributed by atoms with E-state index < -0.39 is 6.09 Å². The Morgan fingerprint density at radius 3 is 2.37 bits per heavy atom. The normalized spacial score (nSPS) is 22.9. The van der Waals surface area contributed by atoms with E-state index in [1.54, 1.807) is 6.92 Å². The summed E-state index contributed by atoms with van der Waals surface area (Å²) in [6.45, 7) is 5.86. The number of fused-ring (bicyclic) bond motifs is 1. The largest absolute Gasteiger partial charge is 0.465 e. The molecule has 0 spiro atoms. The highest BCUT2D eigenvalue weighted by Crippen LogP contribution is 2.45. The van der Waals surface area contributed by atoms with Crippen molar-refractivity contribution in [2.75, 3.05) is 32.6 Å². The lowest BCUT2D eigenvalue weighted by Crippen LogP contribution is -2.60. The summed E-state index contributed by atoms with van der Waals surface area (Å²) in [6.07, 6.45) is 1.47. The van der Waals surface area contributed by atoms with Gasteiger partial charge in [-0.25, -0.2) is 19.1 Å². The molecule has 2 aromatic rings. The molecule has 0 bridgehead atoms. The van der Waals surface area contributed by atoms with Crippen LogP contribution in [0.3, 0.4) is 0 Å². The van der Waals surface area contributed by atoms with Crippen molar-refractivity contribution < 1.29 is 14.7 Å². The number of hydrogen-bond acceptors (Lipinski definition) is 4. The highest BCUT2D eigenvalue weighted by atomic mass is 16.4. The van der Waals surface area contributed by atoms with Gasteiger partial charge in [-0.2, -0.15) is 0 Å². The molecule has 1 aromatic heterocycles. The molecule has 3 atom stereocenters. The summed E-state index contributed by atoms with van der Waals surface area (Å²) in [7, 11) is 5.81. The molecule has 160 valence electrons. The van der Waals surface area contributed by atoms with Crippen LogP contribution < -0.4 is 9.38 Å². The maximum atomic E-state index is 12.7. The Kier molecular flexibility index (Phi) is 5.85. The standard InChI is InChI=1S/C23H30N4O3/c1-7-26(23(29)30)20-12-15(2)27(6,16(3)28)21-10-8-17(13-19(20)21)18-9-11-22(24-14-18)25(4)5/h8-11,13-15,20H,7,12H2,1-6H3/p+1/t15-,20?,27+/m0/s1. The Bertz CT molecular complexity index is 957. The minimum absolute atomic E-state index is 0.0275. The predicted octanol–water partition coefficient (Wildman–Crippen LogP) is 4.13. The van der Waals surface area contributed by atoms with Gasteiger partial charge in [-0.1, -0.05) is 0 Å². The first kappa shape index (κ1) is 21.8. The van der Waals surface area contributed by atoms with Crippen LogP contribution in [0.5, 0.6) is 0 Å². The summed E-state index contributed by atoms with van der Waals surface area (Å²) in [4.78, 5) is 32.5. The molecule has 0 aliphatic carbocycles. The number of quaternary nitrogens is 1. The highest BCUT2D eigenvalue weighted by molar-refractivity contribution is 5.89. The highest BCUT2D eigenvalue weighted by Gasteiger charge is 2.47. The molecule has 3 rings (SSSR count). The fourth-order valence-electron chi connectivity index (χ4n) is 4.41. The molecule has 1 aliphatic rings. The predicted molar refractivity (Wildman–Crippen MR) is 120 cm³/mol. The molecule has 0 saturated heterocycles. The Labute approximate surface area is 178 Å². The van der Waals surface area contributed by atoms with E-state index in [9.17, 15) is 14.7 Å². The Hall–Kier alpha value is -2.93. The molecule has 0 fully saturated rings. The number of carbonyl (C=O) groups is 2. The SMILES string of the molecule is CCN(C(=O)O)C1C[C@H](C)[N@+](C)(C(C)=O)c2ccc(-c3ccc(N(C)C)nc3)cc21. The second-order valence-electron chi connectivity index (χ2n) is 8.34. The number of carboxylic acid groups (broad SMARTS) is 1. The van der Waals surface area contributed by atoms with Gasteiger partial charge in [-0.15, -0.1) is 0 Å². The summed E-state index contributed by atoms with van der Waals surface area (Å²) in [5.74, 6) is 0.914. The van der Waals surface area contributed by atoms with Gasteiger partial charge in [0.2, 0.25) is 0 Å². The van der Waals surface area contributed by atoms with Gasteiger partial charge in [-0.3, -0.25) is 0 Å². The Morgan fingerprint density at radius 1 is 1.20 bits per heavy atom. The lowest BCUT2D eigenvalue weighted by molar-refractivity contribution is -0.129. The van der Waals surface area contributed by atoms with E-state index in [-0.39, 0.29) is 22.5 Å². The lowest BCUT2D eigenvalue weighted by Gasteiger charge is -2.45. The second-order valence-corrected chi connectivity index (χ2v) is 8.34.